The van der Waals surface area contributed by atoms with Crippen LogP contribution in [0.25, 0.3) is 0 Å². The molecule has 0 saturated carbocycles. The van der Waals surface area contributed by atoms with Crippen LogP contribution < -0.4 is 0 Å². The molecule has 2 aliphatic rings. The van der Waals surface area contributed by atoms with E-state index < -0.39 is 0 Å². The molecule has 1 aromatic rings. The highest BCUT2D eigenvalue weighted by atomic mass is 16.5. The van der Waals surface area contributed by atoms with E-state index in [2.05, 4.69) is 23.7 Å². The Bertz CT molecular complexity index is 508. The smallest absolute Gasteiger partial charge is 0.255 e. The average molecular weight is 317 g/mol. The van der Waals surface area contributed by atoms with E-state index >= 15 is 0 Å². The summed E-state index contributed by atoms with van der Waals surface area (Å²) in [6, 6.07) is 4.75. The zero-order valence-corrected chi connectivity index (χ0v) is 14.1. The highest BCUT2D eigenvalue weighted by Crippen LogP contribution is 2.25. The summed E-state index contributed by atoms with van der Waals surface area (Å²) in [6.07, 6.45) is 5.57. The number of rotatable bonds is 5. The molecular weight excluding hydrogens is 290 g/mol. The minimum absolute atomic E-state index is 0.103. The van der Waals surface area contributed by atoms with Gasteiger partial charge < -0.3 is 9.64 Å². The SMILES string of the molecule is CC(C)CN(C1CCOCC1)C1CN(C(=O)c2cccnc2)C1. The lowest BCUT2D eigenvalue weighted by molar-refractivity contribution is -0.0294. The second-order valence-electron chi connectivity index (χ2n) is 7.04. The first-order valence-corrected chi connectivity index (χ1v) is 8.68. The van der Waals surface area contributed by atoms with Gasteiger partial charge in [0.05, 0.1) is 5.56 Å². The van der Waals surface area contributed by atoms with Crippen LogP contribution in [0.5, 0.6) is 0 Å². The van der Waals surface area contributed by atoms with Gasteiger partial charge in [0, 0.05) is 57.3 Å². The van der Waals surface area contributed by atoms with Gasteiger partial charge >= 0.3 is 0 Å². The zero-order chi connectivity index (χ0) is 16.2. The van der Waals surface area contributed by atoms with Gasteiger partial charge in [0.15, 0.2) is 0 Å². The maximum absolute atomic E-state index is 12.4. The molecule has 23 heavy (non-hydrogen) atoms. The van der Waals surface area contributed by atoms with Crippen LogP contribution in [0.15, 0.2) is 24.5 Å². The van der Waals surface area contributed by atoms with Crippen LogP contribution >= 0.6 is 0 Å². The lowest BCUT2D eigenvalue weighted by atomic mass is 9.97. The average Bonchev–Trinajstić information content (AvgIpc) is 2.53. The second kappa shape index (κ2) is 7.41. The molecule has 0 spiro atoms. The monoisotopic (exact) mass is 317 g/mol. The number of likely N-dealkylation sites (tertiary alicyclic amines) is 1. The third-order valence-corrected chi connectivity index (χ3v) is 4.76. The van der Waals surface area contributed by atoms with Crippen molar-refractivity contribution in [3.63, 3.8) is 0 Å². The Labute approximate surface area is 138 Å². The van der Waals surface area contributed by atoms with Crippen molar-refractivity contribution < 1.29 is 9.53 Å². The topological polar surface area (TPSA) is 45.7 Å². The molecule has 3 rings (SSSR count). The minimum atomic E-state index is 0.103. The van der Waals surface area contributed by atoms with E-state index in [1.54, 1.807) is 12.4 Å². The normalized spacial score (nSPS) is 20.1. The Morgan fingerprint density at radius 2 is 2.09 bits per heavy atom. The van der Waals surface area contributed by atoms with E-state index in [0.717, 1.165) is 45.7 Å². The molecule has 0 N–H and O–H groups in total. The maximum Gasteiger partial charge on any atom is 0.255 e. The van der Waals surface area contributed by atoms with Gasteiger partial charge in [0.25, 0.3) is 5.91 Å². The zero-order valence-electron chi connectivity index (χ0n) is 14.1. The first kappa shape index (κ1) is 16.4. The number of hydrogen-bond acceptors (Lipinski definition) is 4. The number of pyridine rings is 1. The number of amides is 1. The summed E-state index contributed by atoms with van der Waals surface area (Å²) in [6.45, 7) is 9.03. The molecule has 0 aromatic carbocycles. The van der Waals surface area contributed by atoms with Crippen molar-refractivity contribution in [2.45, 2.75) is 38.8 Å². The molecule has 3 heterocycles. The van der Waals surface area contributed by atoms with E-state index in [4.69, 9.17) is 4.74 Å². The van der Waals surface area contributed by atoms with Gasteiger partial charge in [-0.15, -0.1) is 0 Å². The fourth-order valence-electron chi connectivity index (χ4n) is 3.54. The summed E-state index contributed by atoms with van der Waals surface area (Å²) in [5.74, 6) is 0.742. The molecule has 0 bridgehead atoms. The number of carbonyl (C=O) groups excluding carboxylic acids is 1. The Kier molecular flexibility index (Phi) is 5.28. The molecule has 1 amide bonds. The van der Waals surface area contributed by atoms with Crippen LogP contribution in [0.1, 0.15) is 37.0 Å². The van der Waals surface area contributed by atoms with Crippen LogP contribution in [0.2, 0.25) is 0 Å². The largest absolute Gasteiger partial charge is 0.381 e. The standard InChI is InChI=1S/C18H27N3O2/c1-14(2)11-21(16-5-8-23-9-6-16)17-12-20(13-17)18(22)15-4-3-7-19-10-15/h3-4,7,10,14,16-17H,5-6,8-9,11-13H2,1-2H3. The van der Waals surface area contributed by atoms with Crippen LogP contribution in [0.4, 0.5) is 0 Å². The molecule has 0 unspecified atom stereocenters. The summed E-state index contributed by atoms with van der Waals surface area (Å²) in [5.41, 5.74) is 0.687. The molecular formula is C18H27N3O2. The van der Waals surface area contributed by atoms with Gasteiger partial charge in [-0.3, -0.25) is 14.7 Å². The van der Waals surface area contributed by atoms with Crippen LogP contribution in [-0.4, -0.2) is 65.6 Å². The highest BCUT2D eigenvalue weighted by molar-refractivity contribution is 5.94. The second-order valence-corrected chi connectivity index (χ2v) is 7.04. The highest BCUT2D eigenvalue weighted by Gasteiger charge is 2.38. The van der Waals surface area contributed by atoms with Crippen molar-refractivity contribution in [1.82, 2.24) is 14.8 Å². The van der Waals surface area contributed by atoms with Crippen LogP contribution in [0, 0.1) is 5.92 Å². The number of carbonyl (C=O) groups is 1. The van der Waals surface area contributed by atoms with E-state index in [0.29, 0.717) is 23.6 Å². The predicted molar refractivity (Wildman–Crippen MR) is 89.3 cm³/mol. The van der Waals surface area contributed by atoms with E-state index in [-0.39, 0.29) is 5.91 Å². The number of nitrogens with zero attached hydrogens (tertiary/aromatic N) is 3. The molecule has 126 valence electrons. The van der Waals surface area contributed by atoms with E-state index in [1.165, 1.54) is 0 Å². The third-order valence-electron chi connectivity index (χ3n) is 4.76. The first-order valence-electron chi connectivity index (χ1n) is 8.68. The van der Waals surface area contributed by atoms with Crippen LogP contribution in [0.3, 0.4) is 0 Å². The number of ether oxygens (including phenoxy) is 1. The first-order chi connectivity index (χ1) is 11.1. The fourth-order valence-corrected chi connectivity index (χ4v) is 3.54. The molecule has 1 aromatic heterocycles. The summed E-state index contributed by atoms with van der Waals surface area (Å²) in [5, 5.41) is 0. The van der Waals surface area contributed by atoms with Crippen molar-refractivity contribution in [2.75, 3.05) is 32.8 Å². The van der Waals surface area contributed by atoms with Gasteiger partial charge in [-0.1, -0.05) is 13.8 Å². The Hall–Kier alpha value is -1.46. The van der Waals surface area contributed by atoms with Crippen molar-refractivity contribution in [3.05, 3.63) is 30.1 Å². The van der Waals surface area contributed by atoms with Crippen molar-refractivity contribution >= 4 is 5.91 Å². The summed E-state index contributed by atoms with van der Waals surface area (Å²) in [7, 11) is 0. The van der Waals surface area contributed by atoms with Crippen molar-refractivity contribution in [3.8, 4) is 0 Å². The molecule has 0 radical (unpaired) electrons. The summed E-state index contributed by atoms with van der Waals surface area (Å²) >= 11 is 0. The van der Waals surface area contributed by atoms with Gasteiger partial charge in [-0.25, -0.2) is 0 Å². The fraction of sp³-hybridized carbons (Fsp3) is 0.667. The van der Waals surface area contributed by atoms with Gasteiger partial charge in [-0.05, 0) is 30.9 Å². The molecule has 2 saturated heterocycles. The minimum Gasteiger partial charge on any atom is -0.381 e. The van der Waals surface area contributed by atoms with E-state index in [9.17, 15) is 4.79 Å². The third kappa shape index (κ3) is 3.90. The van der Waals surface area contributed by atoms with Crippen molar-refractivity contribution in [1.29, 1.82) is 0 Å². The predicted octanol–water partition coefficient (Wildman–Crippen LogP) is 2.04. The van der Waals surface area contributed by atoms with Gasteiger partial charge in [0.1, 0.15) is 0 Å². The molecule has 0 atom stereocenters. The molecule has 0 aliphatic carbocycles. The molecule has 5 heteroatoms. The Morgan fingerprint density at radius 3 is 2.70 bits per heavy atom. The molecule has 2 fully saturated rings. The summed E-state index contributed by atoms with van der Waals surface area (Å²) < 4.78 is 5.51. The summed E-state index contributed by atoms with van der Waals surface area (Å²) in [4.78, 5) is 21.0. The van der Waals surface area contributed by atoms with Crippen LogP contribution in [-0.2, 0) is 4.74 Å². The molecule has 2 aliphatic heterocycles. The van der Waals surface area contributed by atoms with Crippen molar-refractivity contribution in [2.24, 2.45) is 5.92 Å². The van der Waals surface area contributed by atoms with Gasteiger partial charge in [0.2, 0.25) is 0 Å². The number of aromatic nitrogens is 1. The Morgan fingerprint density at radius 1 is 1.35 bits per heavy atom. The van der Waals surface area contributed by atoms with Gasteiger partial charge in [-0.2, -0.15) is 0 Å². The lowest BCUT2D eigenvalue weighted by Crippen LogP contribution is -2.64. The van der Waals surface area contributed by atoms with E-state index in [1.807, 2.05) is 17.0 Å². The molecule has 5 nitrogen and oxygen atoms in total. The maximum atomic E-state index is 12.4. The quantitative estimate of drug-likeness (QED) is 0.834. The number of hydrogen-bond donors (Lipinski definition) is 0. The Balaban J connectivity index is 1.59. The lowest BCUT2D eigenvalue weighted by Gasteiger charge is -2.49.